The van der Waals surface area contributed by atoms with Gasteiger partial charge >= 0.3 is 12.2 Å². The van der Waals surface area contributed by atoms with Gasteiger partial charge in [-0.15, -0.1) is 0 Å². The number of likely N-dealkylation sites (tertiary alicyclic amines) is 1. The number of aliphatic hydroxyl groups is 1. The van der Waals surface area contributed by atoms with Crippen LogP contribution in [-0.4, -0.2) is 34.7 Å². The molecule has 1 aliphatic heterocycles. The Balaban J connectivity index is 1.62. The van der Waals surface area contributed by atoms with Crippen LogP contribution in [0.5, 0.6) is 0 Å². The molecule has 2 aliphatic rings. The van der Waals surface area contributed by atoms with Gasteiger partial charge in [-0.25, -0.2) is 4.79 Å². The van der Waals surface area contributed by atoms with Crippen LogP contribution in [0.1, 0.15) is 31.7 Å². The van der Waals surface area contributed by atoms with E-state index in [9.17, 15) is 23.1 Å². The number of hydrogen-bond acceptors (Lipinski definition) is 2. The largest absolute Gasteiger partial charge is 0.416 e. The molecule has 1 aliphatic carbocycles. The highest BCUT2D eigenvalue weighted by Crippen LogP contribution is 2.45. The smallest absolute Gasteiger partial charge is 0.390 e. The van der Waals surface area contributed by atoms with Gasteiger partial charge in [0.05, 0.1) is 11.2 Å². The van der Waals surface area contributed by atoms with Gasteiger partial charge in [0, 0.05) is 18.8 Å². The highest BCUT2D eigenvalue weighted by molar-refractivity contribution is 5.89. The standard InChI is InChI=1S/C17H21F3N2O2/c1-2-16(24)7-11-9-22(10-12(11)8-16)15(23)21-14-5-3-4-13(6-14)17(18,19)20/h3-6,11-12,24H,2,7-10H2,1H3,(H,21,23). The van der Waals surface area contributed by atoms with Crippen LogP contribution in [0.15, 0.2) is 24.3 Å². The van der Waals surface area contributed by atoms with Crippen molar-refractivity contribution in [2.24, 2.45) is 11.8 Å². The Morgan fingerprint density at radius 3 is 2.50 bits per heavy atom. The number of nitrogens with zero attached hydrogens (tertiary/aromatic N) is 1. The van der Waals surface area contributed by atoms with E-state index in [1.807, 2.05) is 6.92 Å². The van der Waals surface area contributed by atoms with E-state index in [0.29, 0.717) is 32.4 Å². The SMILES string of the molecule is CCC1(O)CC2CN(C(=O)Nc3cccc(C(F)(F)F)c3)CC2C1. The zero-order valence-electron chi connectivity index (χ0n) is 13.4. The highest BCUT2D eigenvalue weighted by atomic mass is 19.4. The van der Waals surface area contributed by atoms with Crippen LogP contribution < -0.4 is 5.32 Å². The average molecular weight is 342 g/mol. The number of halogens is 3. The Morgan fingerprint density at radius 1 is 1.33 bits per heavy atom. The summed E-state index contributed by atoms with van der Waals surface area (Å²) in [6.45, 7) is 3.04. The van der Waals surface area contributed by atoms with Crippen molar-refractivity contribution in [2.45, 2.75) is 38.0 Å². The number of rotatable bonds is 2. The number of carbonyl (C=O) groups excluding carboxylic acids is 1. The second-order valence-electron chi connectivity index (χ2n) is 6.92. The molecule has 0 bridgehead atoms. The first-order chi connectivity index (χ1) is 11.2. The molecule has 24 heavy (non-hydrogen) atoms. The molecule has 2 amide bonds. The second-order valence-corrected chi connectivity index (χ2v) is 6.92. The highest BCUT2D eigenvalue weighted by Gasteiger charge is 2.48. The van der Waals surface area contributed by atoms with Crippen molar-refractivity contribution >= 4 is 11.7 Å². The summed E-state index contributed by atoms with van der Waals surface area (Å²) >= 11 is 0. The lowest BCUT2D eigenvalue weighted by atomic mass is 9.97. The van der Waals surface area contributed by atoms with Gasteiger partial charge in [0.25, 0.3) is 0 Å². The number of alkyl halides is 3. The lowest BCUT2D eigenvalue weighted by Crippen LogP contribution is -2.36. The molecule has 2 unspecified atom stereocenters. The summed E-state index contributed by atoms with van der Waals surface area (Å²) in [5.74, 6) is 0.532. The van der Waals surface area contributed by atoms with Crippen molar-refractivity contribution in [3.05, 3.63) is 29.8 Å². The summed E-state index contributed by atoms with van der Waals surface area (Å²) in [6.07, 6.45) is -2.37. The van der Waals surface area contributed by atoms with E-state index in [1.165, 1.54) is 12.1 Å². The van der Waals surface area contributed by atoms with Gasteiger partial charge in [-0.05, 0) is 49.3 Å². The Kier molecular flexibility index (Phi) is 4.23. The van der Waals surface area contributed by atoms with E-state index in [0.717, 1.165) is 12.1 Å². The minimum atomic E-state index is -4.43. The first-order valence-electron chi connectivity index (χ1n) is 8.16. The Labute approximate surface area is 138 Å². The van der Waals surface area contributed by atoms with E-state index in [2.05, 4.69) is 5.32 Å². The minimum absolute atomic E-state index is 0.136. The molecule has 2 atom stereocenters. The lowest BCUT2D eigenvalue weighted by molar-refractivity contribution is -0.137. The van der Waals surface area contributed by atoms with E-state index in [4.69, 9.17) is 0 Å². The fraction of sp³-hybridized carbons (Fsp3) is 0.588. The van der Waals surface area contributed by atoms with Gasteiger partial charge in [-0.2, -0.15) is 13.2 Å². The zero-order chi connectivity index (χ0) is 17.5. The van der Waals surface area contributed by atoms with Gasteiger partial charge in [0.1, 0.15) is 0 Å². The lowest BCUT2D eigenvalue weighted by Gasteiger charge is -2.24. The van der Waals surface area contributed by atoms with Crippen molar-refractivity contribution in [1.82, 2.24) is 4.90 Å². The molecular formula is C17H21F3N2O2. The van der Waals surface area contributed by atoms with Gasteiger partial charge < -0.3 is 15.3 Å². The molecule has 2 N–H and O–H groups in total. The third-order valence-corrected chi connectivity index (χ3v) is 5.25. The summed E-state index contributed by atoms with van der Waals surface area (Å²) in [4.78, 5) is 13.9. The molecule has 1 aromatic rings. The summed E-state index contributed by atoms with van der Waals surface area (Å²) < 4.78 is 38.2. The van der Waals surface area contributed by atoms with Crippen LogP contribution in [0, 0.1) is 11.8 Å². The molecule has 0 radical (unpaired) electrons. The predicted molar refractivity (Wildman–Crippen MR) is 83.5 cm³/mol. The number of amides is 2. The summed E-state index contributed by atoms with van der Waals surface area (Å²) in [5, 5.41) is 12.9. The molecule has 132 valence electrons. The summed E-state index contributed by atoms with van der Waals surface area (Å²) in [7, 11) is 0. The van der Waals surface area contributed by atoms with Crippen LogP contribution in [0.3, 0.4) is 0 Å². The molecule has 4 nitrogen and oxygen atoms in total. The molecule has 1 aromatic carbocycles. The van der Waals surface area contributed by atoms with Crippen LogP contribution >= 0.6 is 0 Å². The monoisotopic (exact) mass is 342 g/mol. The molecule has 1 saturated heterocycles. The van der Waals surface area contributed by atoms with Gasteiger partial charge in [-0.3, -0.25) is 0 Å². The Bertz CT molecular complexity index is 619. The van der Waals surface area contributed by atoms with Crippen molar-refractivity contribution in [3.8, 4) is 0 Å². The van der Waals surface area contributed by atoms with Crippen molar-refractivity contribution in [3.63, 3.8) is 0 Å². The fourth-order valence-electron chi connectivity index (χ4n) is 3.89. The first-order valence-corrected chi connectivity index (χ1v) is 8.16. The molecule has 2 fully saturated rings. The maximum absolute atomic E-state index is 12.7. The van der Waals surface area contributed by atoms with Crippen LogP contribution in [0.4, 0.5) is 23.7 Å². The summed E-state index contributed by atoms with van der Waals surface area (Å²) in [5.41, 5.74) is -1.28. The van der Waals surface area contributed by atoms with E-state index < -0.39 is 17.3 Å². The predicted octanol–water partition coefficient (Wildman–Crippen LogP) is 3.72. The molecular weight excluding hydrogens is 321 g/mol. The van der Waals surface area contributed by atoms with Crippen molar-refractivity contribution in [1.29, 1.82) is 0 Å². The van der Waals surface area contributed by atoms with E-state index in [-0.39, 0.29) is 23.6 Å². The number of urea groups is 1. The van der Waals surface area contributed by atoms with Gasteiger partial charge in [0.2, 0.25) is 0 Å². The van der Waals surface area contributed by atoms with Crippen molar-refractivity contribution < 1.29 is 23.1 Å². The molecule has 0 aromatic heterocycles. The number of hydrogen-bond donors (Lipinski definition) is 2. The minimum Gasteiger partial charge on any atom is -0.390 e. The van der Waals surface area contributed by atoms with Gasteiger partial charge in [-0.1, -0.05) is 13.0 Å². The number of fused-ring (bicyclic) bond motifs is 1. The van der Waals surface area contributed by atoms with Crippen LogP contribution in [0.25, 0.3) is 0 Å². The Morgan fingerprint density at radius 2 is 1.96 bits per heavy atom. The third-order valence-electron chi connectivity index (χ3n) is 5.25. The van der Waals surface area contributed by atoms with E-state index >= 15 is 0 Å². The second kappa shape index (κ2) is 5.95. The fourth-order valence-corrected chi connectivity index (χ4v) is 3.89. The topological polar surface area (TPSA) is 52.6 Å². The maximum atomic E-state index is 12.7. The molecule has 3 rings (SSSR count). The number of nitrogens with one attached hydrogen (secondary N) is 1. The molecule has 7 heteroatoms. The number of anilines is 1. The Hall–Kier alpha value is -1.76. The third kappa shape index (κ3) is 3.36. The summed E-state index contributed by atoms with van der Waals surface area (Å²) in [6, 6.07) is 4.24. The normalized spacial score (nSPS) is 29.6. The maximum Gasteiger partial charge on any atom is 0.416 e. The quantitative estimate of drug-likeness (QED) is 0.861. The first kappa shape index (κ1) is 17.1. The molecule has 1 heterocycles. The number of carbonyl (C=O) groups is 1. The van der Waals surface area contributed by atoms with Crippen molar-refractivity contribution in [2.75, 3.05) is 18.4 Å². The molecule has 1 saturated carbocycles. The zero-order valence-corrected chi connectivity index (χ0v) is 13.4. The number of benzene rings is 1. The van der Waals surface area contributed by atoms with Crippen LogP contribution in [0.2, 0.25) is 0 Å². The average Bonchev–Trinajstić information content (AvgIpc) is 3.02. The van der Waals surface area contributed by atoms with Crippen LogP contribution in [-0.2, 0) is 6.18 Å². The van der Waals surface area contributed by atoms with Gasteiger partial charge in [0.15, 0.2) is 0 Å². The molecule has 0 spiro atoms. The van der Waals surface area contributed by atoms with E-state index in [1.54, 1.807) is 4.90 Å².